The van der Waals surface area contributed by atoms with Crippen LogP contribution in [0.15, 0.2) is 17.1 Å². The fourth-order valence-electron chi connectivity index (χ4n) is 3.36. The third kappa shape index (κ3) is 6.23. The standard InChI is InChI=1S/C17H27ClN4OS.HI/c1-2-19-17(20-7-5-15-3-4-16(18)24-15)22-8-6-14(13-22)21-9-11-23-12-10-21;/h3-4,14H,2,5-13H2,1H3,(H,19,20);1H. The molecular weight excluding hydrogens is 471 g/mol. The zero-order chi connectivity index (χ0) is 16.8. The highest BCUT2D eigenvalue weighted by Gasteiger charge is 2.30. The predicted molar refractivity (Wildman–Crippen MR) is 117 cm³/mol. The van der Waals surface area contributed by atoms with Gasteiger partial charge in [0.25, 0.3) is 0 Å². The number of nitrogens with one attached hydrogen (secondary N) is 1. The van der Waals surface area contributed by atoms with E-state index in [1.807, 2.05) is 6.07 Å². The van der Waals surface area contributed by atoms with Crippen LogP contribution in [-0.4, -0.2) is 74.3 Å². The molecule has 1 atom stereocenters. The Bertz CT molecular complexity index is 551. The van der Waals surface area contributed by atoms with Gasteiger partial charge in [-0.15, -0.1) is 35.3 Å². The van der Waals surface area contributed by atoms with Crippen molar-refractivity contribution in [2.45, 2.75) is 25.8 Å². The molecule has 0 bridgehead atoms. The van der Waals surface area contributed by atoms with Crippen molar-refractivity contribution in [3.8, 4) is 0 Å². The summed E-state index contributed by atoms with van der Waals surface area (Å²) in [6.07, 6.45) is 2.16. The number of ether oxygens (including phenoxy) is 1. The van der Waals surface area contributed by atoms with Crippen LogP contribution in [0, 0.1) is 0 Å². The Morgan fingerprint density at radius 2 is 2.16 bits per heavy atom. The van der Waals surface area contributed by atoms with E-state index in [0.29, 0.717) is 6.04 Å². The van der Waals surface area contributed by atoms with E-state index in [-0.39, 0.29) is 24.0 Å². The Morgan fingerprint density at radius 1 is 1.36 bits per heavy atom. The summed E-state index contributed by atoms with van der Waals surface area (Å²) in [6.45, 7) is 9.85. The van der Waals surface area contributed by atoms with Gasteiger partial charge in [-0.25, -0.2) is 0 Å². The van der Waals surface area contributed by atoms with Crippen LogP contribution in [0.3, 0.4) is 0 Å². The monoisotopic (exact) mass is 498 g/mol. The van der Waals surface area contributed by atoms with Crippen LogP contribution in [0.5, 0.6) is 0 Å². The second-order valence-electron chi connectivity index (χ2n) is 6.23. The third-order valence-corrected chi connectivity index (χ3v) is 5.90. The lowest BCUT2D eigenvalue weighted by atomic mass is 10.2. The lowest BCUT2D eigenvalue weighted by molar-refractivity contribution is 0.0195. The molecule has 25 heavy (non-hydrogen) atoms. The van der Waals surface area contributed by atoms with Gasteiger partial charge in [-0.1, -0.05) is 11.6 Å². The van der Waals surface area contributed by atoms with Crippen LogP contribution >= 0.6 is 46.9 Å². The average molecular weight is 499 g/mol. The highest BCUT2D eigenvalue weighted by atomic mass is 127. The van der Waals surface area contributed by atoms with Crippen molar-refractivity contribution in [1.29, 1.82) is 0 Å². The van der Waals surface area contributed by atoms with Crippen molar-refractivity contribution >= 4 is 52.9 Å². The minimum absolute atomic E-state index is 0. The summed E-state index contributed by atoms with van der Waals surface area (Å²) in [7, 11) is 0. The van der Waals surface area contributed by atoms with Crippen molar-refractivity contribution in [3.63, 3.8) is 0 Å². The average Bonchev–Trinajstić information content (AvgIpc) is 3.24. The van der Waals surface area contributed by atoms with Gasteiger partial charge in [0.05, 0.1) is 17.6 Å². The number of guanidine groups is 1. The normalized spacial score (nSPS) is 22.1. The van der Waals surface area contributed by atoms with Gasteiger partial charge in [-0.05, 0) is 25.5 Å². The van der Waals surface area contributed by atoms with E-state index in [1.165, 1.54) is 11.3 Å². The molecule has 2 aliphatic rings. The SMILES string of the molecule is CCNC(=NCCc1ccc(Cl)s1)N1CCC(N2CCOCC2)C1.I. The molecule has 0 amide bonds. The topological polar surface area (TPSA) is 40.1 Å². The van der Waals surface area contributed by atoms with Crippen LogP contribution in [0.4, 0.5) is 0 Å². The molecule has 0 saturated carbocycles. The largest absolute Gasteiger partial charge is 0.379 e. The van der Waals surface area contributed by atoms with Crippen molar-refractivity contribution in [1.82, 2.24) is 15.1 Å². The minimum Gasteiger partial charge on any atom is -0.379 e. The first-order valence-corrected chi connectivity index (χ1v) is 10.0. The van der Waals surface area contributed by atoms with Gasteiger partial charge < -0.3 is 15.0 Å². The Balaban J connectivity index is 0.00000225. The lowest BCUT2D eigenvalue weighted by Crippen LogP contribution is -2.46. The van der Waals surface area contributed by atoms with Gasteiger partial charge in [-0.3, -0.25) is 9.89 Å². The van der Waals surface area contributed by atoms with Crippen molar-refractivity contribution in [2.24, 2.45) is 4.99 Å². The number of hydrogen-bond donors (Lipinski definition) is 1. The first kappa shape index (κ1) is 21.2. The smallest absolute Gasteiger partial charge is 0.193 e. The van der Waals surface area contributed by atoms with Crippen molar-refractivity contribution in [3.05, 3.63) is 21.3 Å². The summed E-state index contributed by atoms with van der Waals surface area (Å²) in [5, 5.41) is 3.45. The summed E-state index contributed by atoms with van der Waals surface area (Å²) < 4.78 is 6.32. The molecule has 3 heterocycles. The van der Waals surface area contributed by atoms with E-state index in [4.69, 9.17) is 21.3 Å². The molecule has 1 aromatic heterocycles. The number of thiophene rings is 1. The summed E-state index contributed by atoms with van der Waals surface area (Å²) in [6, 6.07) is 4.69. The number of morpholine rings is 1. The van der Waals surface area contributed by atoms with E-state index in [0.717, 1.165) is 69.2 Å². The summed E-state index contributed by atoms with van der Waals surface area (Å²) in [5.41, 5.74) is 0. The Morgan fingerprint density at radius 3 is 2.84 bits per heavy atom. The number of rotatable bonds is 5. The molecule has 5 nitrogen and oxygen atoms in total. The molecule has 0 spiro atoms. The molecule has 0 radical (unpaired) electrons. The van der Waals surface area contributed by atoms with Crippen molar-refractivity contribution in [2.75, 3.05) is 52.5 Å². The van der Waals surface area contributed by atoms with Gasteiger partial charge in [0.1, 0.15) is 0 Å². The predicted octanol–water partition coefficient (Wildman–Crippen LogP) is 2.93. The fourth-order valence-corrected chi connectivity index (χ4v) is 4.44. The van der Waals surface area contributed by atoms with Crippen LogP contribution < -0.4 is 5.32 Å². The van der Waals surface area contributed by atoms with Gasteiger partial charge >= 0.3 is 0 Å². The maximum absolute atomic E-state index is 5.99. The molecule has 2 fully saturated rings. The Kier molecular flexibility index (Phi) is 9.26. The second kappa shape index (κ2) is 10.9. The maximum atomic E-state index is 5.99. The molecule has 1 N–H and O–H groups in total. The van der Waals surface area contributed by atoms with Gasteiger partial charge in [0.15, 0.2) is 5.96 Å². The van der Waals surface area contributed by atoms with E-state index < -0.39 is 0 Å². The third-order valence-electron chi connectivity index (χ3n) is 4.61. The zero-order valence-corrected chi connectivity index (χ0v) is 18.7. The number of nitrogens with zero attached hydrogens (tertiary/aromatic N) is 3. The number of halogens is 2. The molecule has 1 unspecified atom stereocenters. The zero-order valence-electron chi connectivity index (χ0n) is 14.7. The molecule has 142 valence electrons. The van der Waals surface area contributed by atoms with E-state index >= 15 is 0 Å². The van der Waals surface area contributed by atoms with Crippen LogP contribution in [0.1, 0.15) is 18.2 Å². The molecular formula is C17H28ClIN4OS. The van der Waals surface area contributed by atoms with E-state index in [2.05, 4.69) is 28.1 Å². The molecule has 0 aliphatic carbocycles. The van der Waals surface area contributed by atoms with Crippen LogP contribution in [-0.2, 0) is 11.2 Å². The summed E-state index contributed by atoms with van der Waals surface area (Å²) >= 11 is 7.64. The van der Waals surface area contributed by atoms with Gasteiger partial charge in [-0.2, -0.15) is 0 Å². The summed E-state index contributed by atoms with van der Waals surface area (Å²) in [5.74, 6) is 1.05. The maximum Gasteiger partial charge on any atom is 0.193 e. The molecule has 2 saturated heterocycles. The molecule has 3 rings (SSSR count). The van der Waals surface area contributed by atoms with Crippen LogP contribution in [0.25, 0.3) is 0 Å². The molecule has 0 aromatic carbocycles. The highest BCUT2D eigenvalue weighted by molar-refractivity contribution is 14.0. The summed E-state index contributed by atoms with van der Waals surface area (Å²) in [4.78, 5) is 11.1. The van der Waals surface area contributed by atoms with Crippen molar-refractivity contribution < 1.29 is 4.74 Å². The van der Waals surface area contributed by atoms with Crippen LogP contribution in [0.2, 0.25) is 4.34 Å². The Hall–Kier alpha value is -0.0900. The first-order valence-electron chi connectivity index (χ1n) is 8.85. The highest BCUT2D eigenvalue weighted by Crippen LogP contribution is 2.22. The fraction of sp³-hybridized carbons (Fsp3) is 0.706. The minimum atomic E-state index is 0. The quantitative estimate of drug-likeness (QED) is 0.385. The number of likely N-dealkylation sites (tertiary alicyclic amines) is 1. The first-order chi connectivity index (χ1) is 11.8. The molecule has 1 aromatic rings. The second-order valence-corrected chi connectivity index (χ2v) is 8.03. The lowest BCUT2D eigenvalue weighted by Gasteiger charge is -2.32. The number of aliphatic imine (C=N–C) groups is 1. The molecule has 8 heteroatoms. The Labute approximate surface area is 176 Å². The van der Waals surface area contributed by atoms with Gasteiger partial charge in [0, 0.05) is 56.6 Å². The van der Waals surface area contributed by atoms with E-state index in [1.54, 1.807) is 11.3 Å². The molecule has 2 aliphatic heterocycles. The van der Waals surface area contributed by atoms with Gasteiger partial charge in [0.2, 0.25) is 0 Å². The number of hydrogen-bond acceptors (Lipinski definition) is 4. The van der Waals surface area contributed by atoms with E-state index in [9.17, 15) is 0 Å².